The quantitative estimate of drug-likeness (QED) is 0.307. The maximum Gasteiger partial charge on any atom is 0.416 e. The summed E-state index contributed by atoms with van der Waals surface area (Å²) in [6, 6.07) is 14.2. The normalized spacial score (nSPS) is 13.6. The van der Waals surface area contributed by atoms with E-state index in [2.05, 4.69) is 10.1 Å². The topological polar surface area (TPSA) is 56.5 Å². The lowest BCUT2D eigenvalue weighted by Crippen LogP contribution is -2.39. The number of rotatable bonds is 6. The Bertz CT molecular complexity index is 1320. The first kappa shape index (κ1) is 23.8. The van der Waals surface area contributed by atoms with Crippen LogP contribution < -0.4 is 0 Å². The van der Waals surface area contributed by atoms with E-state index in [1.54, 1.807) is 13.8 Å². The number of carbonyl (C=O) groups excluding carboxylic acids is 1. The first-order valence-corrected chi connectivity index (χ1v) is 10.9. The van der Waals surface area contributed by atoms with Crippen molar-refractivity contribution in [1.29, 1.82) is 0 Å². The molecule has 0 aliphatic heterocycles. The Morgan fingerprint density at radius 3 is 2.35 bits per heavy atom. The Labute approximate surface area is 199 Å². The van der Waals surface area contributed by atoms with Gasteiger partial charge in [-0.2, -0.15) is 18.3 Å². The third kappa shape index (κ3) is 4.37. The number of hydrogen-bond donors (Lipinski definition) is 0. The SMILES string of the molecule is CCOC(=O)[C@](C)(Cc1ccccc1)c1c(Cl)cnc2c(-c3ccc(C(F)(F)F)cc3)cnn12. The van der Waals surface area contributed by atoms with Crippen LogP contribution in [0.2, 0.25) is 5.02 Å². The smallest absolute Gasteiger partial charge is 0.416 e. The van der Waals surface area contributed by atoms with Crippen molar-refractivity contribution in [2.75, 3.05) is 6.61 Å². The van der Waals surface area contributed by atoms with Crippen LogP contribution in [0.15, 0.2) is 67.0 Å². The molecule has 2 aromatic heterocycles. The van der Waals surface area contributed by atoms with Gasteiger partial charge in [-0.1, -0.05) is 54.1 Å². The summed E-state index contributed by atoms with van der Waals surface area (Å²) in [5.74, 6) is -0.472. The van der Waals surface area contributed by atoms with Crippen molar-refractivity contribution in [2.24, 2.45) is 0 Å². The zero-order chi connectivity index (χ0) is 24.5. The minimum Gasteiger partial charge on any atom is -0.465 e. The van der Waals surface area contributed by atoms with Crippen LogP contribution in [0.4, 0.5) is 13.2 Å². The summed E-state index contributed by atoms with van der Waals surface area (Å²) in [6.07, 6.45) is -1.22. The van der Waals surface area contributed by atoms with Crippen LogP contribution in [0.5, 0.6) is 0 Å². The Hall–Kier alpha value is -3.39. The zero-order valence-electron chi connectivity index (χ0n) is 18.4. The van der Waals surface area contributed by atoms with Crippen LogP contribution in [-0.4, -0.2) is 27.2 Å². The molecule has 0 bridgehead atoms. The second-order valence-corrected chi connectivity index (χ2v) is 8.45. The van der Waals surface area contributed by atoms with Gasteiger partial charge in [-0.15, -0.1) is 0 Å². The number of esters is 1. The highest BCUT2D eigenvalue weighted by Crippen LogP contribution is 2.37. The fourth-order valence-electron chi connectivity index (χ4n) is 4.00. The Morgan fingerprint density at radius 2 is 1.74 bits per heavy atom. The summed E-state index contributed by atoms with van der Waals surface area (Å²) in [7, 11) is 0. The summed E-state index contributed by atoms with van der Waals surface area (Å²) in [6.45, 7) is 3.64. The number of hydrogen-bond acceptors (Lipinski definition) is 4. The number of halogens is 4. The molecule has 0 unspecified atom stereocenters. The number of aromatic nitrogens is 3. The molecule has 5 nitrogen and oxygen atoms in total. The monoisotopic (exact) mass is 487 g/mol. The van der Waals surface area contributed by atoms with Crippen molar-refractivity contribution < 1.29 is 22.7 Å². The minimum atomic E-state index is -4.43. The number of alkyl halides is 3. The van der Waals surface area contributed by atoms with Crippen LogP contribution in [0.1, 0.15) is 30.7 Å². The van der Waals surface area contributed by atoms with Gasteiger partial charge in [0.05, 0.1) is 29.1 Å². The van der Waals surface area contributed by atoms with Crippen LogP contribution in [-0.2, 0) is 27.5 Å². The minimum absolute atomic E-state index is 0.185. The Morgan fingerprint density at radius 1 is 1.06 bits per heavy atom. The molecular weight excluding hydrogens is 467 g/mol. The van der Waals surface area contributed by atoms with Crippen molar-refractivity contribution in [3.63, 3.8) is 0 Å². The molecule has 0 aliphatic rings. The predicted molar refractivity (Wildman–Crippen MR) is 123 cm³/mol. The number of ether oxygens (including phenoxy) is 1. The molecule has 1 atom stereocenters. The summed E-state index contributed by atoms with van der Waals surface area (Å²) in [5.41, 5.74) is 0.708. The van der Waals surface area contributed by atoms with Gasteiger partial charge in [0.15, 0.2) is 5.65 Å². The van der Waals surface area contributed by atoms with Gasteiger partial charge >= 0.3 is 12.1 Å². The highest BCUT2D eigenvalue weighted by atomic mass is 35.5. The summed E-state index contributed by atoms with van der Waals surface area (Å²) in [4.78, 5) is 17.6. The van der Waals surface area contributed by atoms with Gasteiger partial charge in [-0.25, -0.2) is 9.50 Å². The average molecular weight is 488 g/mol. The zero-order valence-corrected chi connectivity index (χ0v) is 19.2. The van der Waals surface area contributed by atoms with Gasteiger partial charge in [0.1, 0.15) is 5.41 Å². The van der Waals surface area contributed by atoms with Crippen molar-refractivity contribution in [2.45, 2.75) is 31.9 Å². The lowest BCUT2D eigenvalue weighted by Gasteiger charge is -2.29. The van der Waals surface area contributed by atoms with Crippen LogP contribution in [0, 0.1) is 0 Å². The molecule has 2 aromatic carbocycles. The van der Waals surface area contributed by atoms with Crippen molar-refractivity contribution in [3.8, 4) is 11.1 Å². The molecule has 4 aromatic rings. The van der Waals surface area contributed by atoms with Gasteiger partial charge in [0.25, 0.3) is 0 Å². The van der Waals surface area contributed by atoms with E-state index in [0.717, 1.165) is 17.7 Å². The van der Waals surface area contributed by atoms with Crippen molar-refractivity contribution in [1.82, 2.24) is 14.6 Å². The molecule has 176 valence electrons. The number of fused-ring (bicyclic) bond motifs is 1. The van der Waals surface area contributed by atoms with Gasteiger partial charge in [0.2, 0.25) is 0 Å². The molecule has 0 saturated carbocycles. The van der Waals surface area contributed by atoms with E-state index in [1.165, 1.54) is 29.0 Å². The molecule has 0 N–H and O–H groups in total. The highest BCUT2D eigenvalue weighted by Gasteiger charge is 2.41. The molecule has 0 amide bonds. The van der Waals surface area contributed by atoms with Gasteiger partial charge in [-0.05, 0) is 43.5 Å². The van der Waals surface area contributed by atoms with Crippen molar-refractivity contribution in [3.05, 3.63) is 88.8 Å². The fraction of sp³-hybridized carbons (Fsp3) is 0.240. The van der Waals surface area contributed by atoms with E-state index in [9.17, 15) is 18.0 Å². The summed E-state index contributed by atoms with van der Waals surface area (Å²) < 4.78 is 45.8. The van der Waals surface area contributed by atoms with Crippen LogP contribution in [0.25, 0.3) is 16.8 Å². The maximum absolute atomic E-state index is 13.2. The first-order chi connectivity index (χ1) is 16.1. The second-order valence-electron chi connectivity index (χ2n) is 8.04. The van der Waals surface area contributed by atoms with E-state index in [0.29, 0.717) is 28.9 Å². The van der Waals surface area contributed by atoms with Gasteiger partial charge < -0.3 is 4.74 Å². The lowest BCUT2D eigenvalue weighted by atomic mass is 9.80. The Balaban J connectivity index is 1.86. The molecular formula is C25H21ClF3N3O2. The van der Waals surface area contributed by atoms with E-state index < -0.39 is 23.1 Å². The average Bonchev–Trinajstić information content (AvgIpc) is 3.23. The number of benzene rings is 2. The molecule has 0 fully saturated rings. The molecule has 0 aliphatic carbocycles. The summed E-state index contributed by atoms with van der Waals surface area (Å²) >= 11 is 6.57. The molecule has 0 saturated heterocycles. The van der Waals surface area contributed by atoms with E-state index >= 15 is 0 Å². The standard InChI is InChI=1S/C25H21ClF3N3O2/c1-3-34-23(33)24(2,13-16-7-5-4-6-8-16)21-20(26)15-30-22-19(14-31-32(21)22)17-9-11-18(12-10-17)25(27,28)29/h4-12,14-15H,3,13H2,1-2H3/t24-/m1/s1. The van der Waals surface area contributed by atoms with E-state index in [-0.39, 0.29) is 11.6 Å². The first-order valence-electron chi connectivity index (χ1n) is 10.6. The molecule has 4 rings (SSSR count). The number of carbonyl (C=O) groups is 1. The summed E-state index contributed by atoms with van der Waals surface area (Å²) in [5, 5.41) is 4.64. The third-order valence-electron chi connectivity index (χ3n) is 5.65. The van der Waals surface area contributed by atoms with Crippen molar-refractivity contribution >= 4 is 23.2 Å². The molecule has 9 heteroatoms. The maximum atomic E-state index is 13.2. The molecule has 0 radical (unpaired) electrons. The highest BCUT2D eigenvalue weighted by molar-refractivity contribution is 6.31. The largest absolute Gasteiger partial charge is 0.465 e. The van der Waals surface area contributed by atoms with Crippen LogP contribution >= 0.6 is 11.6 Å². The van der Waals surface area contributed by atoms with E-state index in [4.69, 9.17) is 16.3 Å². The second kappa shape index (κ2) is 9.10. The lowest BCUT2D eigenvalue weighted by molar-refractivity contribution is -0.149. The van der Waals surface area contributed by atoms with Gasteiger partial charge in [0, 0.05) is 11.8 Å². The van der Waals surface area contributed by atoms with E-state index in [1.807, 2.05) is 30.3 Å². The van der Waals surface area contributed by atoms with Gasteiger partial charge in [-0.3, -0.25) is 4.79 Å². The Kier molecular flexibility index (Phi) is 6.36. The predicted octanol–water partition coefficient (Wildman–Crippen LogP) is 6.13. The third-order valence-corrected chi connectivity index (χ3v) is 5.93. The number of nitrogens with zero attached hydrogens (tertiary/aromatic N) is 3. The molecule has 0 spiro atoms. The molecule has 2 heterocycles. The molecule has 34 heavy (non-hydrogen) atoms. The van der Waals surface area contributed by atoms with Crippen LogP contribution in [0.3, 0.4) is 0 Å². The fourth-order valence-corrected chi connectivity index (χ4v) is 4.33.